The molecule has 0 aromatic rings. The Morgan fingerprint density at radius 1 is 1.25 bits per heavy atom. The monoisotopic (exact) mass is 226 g/mol. The number of rotatable bonds is 9. The Balaban J connectivity index is 2.22. The minimum absolute atomic E-state index is 0.409. The van der Waals surface area contributed by atoms with Gasteiger partial charge in [0.15, 0.2) is 0 Å². The summed E-state index contributed by atoms with van der Waals surface area (Å²) in [7, 11) is 0. The maximum Gasteiger partial charge on any atom is 0.00684 e. The minimum atomic E-state index is 0.409. The van der Waals surface area contributed by atoms with Crippen LogP contribution in [0.15, 0.2) is 0 Å². The lowest BCUT2D eigenvalue weighted by molar-refractivity contribution is 0.178. The van der Waals surface area contributed by atoms with Crippen molar-refractivity contribution < 1.29 is 0 Å². The average molecular weight is 226 g/mol. The van der Waals surface area contributed by atoms with Gasteiger partial charge in [-0.05, 0) is 37.8 Å². The van der Waals surface area contributed by atoms with E-state index in [4.69, 9.17) is 0 Å². The zero-order valence-electron chi connectivity index (χ0n) is 11.7. The Bertz CT molecular complexity index is 185. The van der Waals surface area contributed by atoms with Gasteiger partial charge in [-0.15, -0.1) is 0 Å². The van der Waals surface area contributed by atoms with E-state index in [2.05, 4.69) is 37.9 Å². The lowest BCUT2D eigenvalue weighted by Crippen LogP contribution is -2.41. The molecular formula is C14H30N2. The lowest BCUT2D eigenvalue weighted by Gasteiger charge is -2.32. The second kappa shape index (κ2) is 6.61. The van der Waals surface area contributed by atoms with Gasteiger partial charge in [-0.1, -0.05) is 34.1 Å². The van der Waals surface area contributed by atoms with Crippen LogP contribution >= 0.6 is 0 Å². The van der Waals surface area contributed by atoms with Gasteiger partial charge in [0, 0.05) is 19.1 Å². The van der Waals surface area contributed by atoms with Gasteiger partial charge in [-0.25, -0.2) is 0 Å². The third-order valence-electron chi connectivity index (χ3n) is 3.37. The fourth-order valence-corrected chi connectivity index (χ4v) is 2.10. The first kappa shape index (κ1) is 14.0. The third-order valence-corrected chi connectivity index (χ3v) is 3.37. The molecule has 2 nitrogen and oxygen atoms in total. The average Bonchev–Trinajstić information content (AvgIpc) is 3.05. The molecule has 1 rings (SSSR count). The number of unbranched alkanes of at least 4 members (excludes halogenated alkanes) is 1. The van der Waals surface area contributed by atoms with Crippen molar-refractivity contribution in [2.75, 3.05) is 26.2 Å². The van der Waals surface area contributed by atoms with Crippen LogP contribution in [-0.4, -0.2) is 37.1 Å². The van der Waals surface area contributed by atoms with Crippen LogP contribution in [0.5, 0.6) is 0 Å². The summed E-state index contributed by atoms with van der Waals surface area (Å²) in [6, 6.07) is 0.838. The molecule has 0 aromatic carbocycles. The van der Waals surface area contributed by atoms with E-state index < -0.39 is 0 Å². The van der Waals surface area contributed by atoms with Crippen LogP contribution in [0.25, 0.3) is 0 Å². The lowest BCUT2D eigenvalue weighted by atomic mass is 9.92. The predicted molar refractivity (Wildman–Crippen MR) is 71.8 cm³/mol. The van der Waals surface area contributed by atoms with Crippen LogP contribution in [0.4, 0.5) is 0 Å². The van der Waals surface area contributed by atoms with Gasteiger partial charge in [0.1, 0.15) is 0 Å². The van der Waals surface area contributed by atoms with Crippen molar-refractivity contribution in [3.05, 3.63) is 0 Å². The number of nitrogens with zero attached hydrogens (tertiary/aromatic N) is 1. The highest BCUT2D eigenvalue weighted by atomic mass is 15.1. The van der Waals surface area contributed by atoms with Crippen LogP contribution in [0, 0.1) is 5.41 Å². The minimum Gasteiger partial charge on any atom is -0.313 e. The van der Waals surface area contributed by atoms with Gasteiger partial charge in [0.2, 0.25) is 0 Å². The normalized spacial score (nSPS) is 17.1. The standard InChI is InChI=1S/C14H30N2/c1-5-7-10-16(6-2)12-14(3,4)11-15-13-8-9-13/h13,15H,5-12H2,1-4H3. The van der Waals surface area contributed by atoms with E-state index in [9.17, 15) is 0 Å². The molecule has 0 heterocycles. The van der Waals surface area contributed by atoms with Gasteiger partial charge in [-0.3, -0.25) is 0 Å². The van der Waals surface area contributed by atoms with E-state index >= 15 is 0 Å². The van der Waals surface area contributed by atoms with Crippen LogP contribution < -0.4 is 5.32 Å². The molecule has 1 N–H and O–H groups in total. The largest absolute Gasteiger partial charge is 0.313 e. The van der Waals surface area contributed by atoms with Crippen molar-refractivity contribution in [2.24, 2.45) is 5.41 Å². The van der Waals surface area contributed by atoms with E-state index in [1.807, 2.05) is 0 Å². The summed E-state index contributed by atoms with van der Waals surface area (Å²) in [6.07, 6.45) is 5.42. The molecule has 0 aliphatic heterocycles. The summed E-state index contributed by atoms with van der Waals surface area (Å²) in [5.41, 5.74) is 0.409. The van der Waals surface area contributed by atoms with Crippen molar-refractivity contribution in [2.45, 2.75) is 59.4 Å². The summed E-state index contributed by atoms with van der Waals surface area (Å²) in [5, 5.41) is 3.66. The molecule has 16 heavy (non-hydrogen) atoms. The van der Waals surface area contributed by atoms with Crippen LogP contribution in [0.1, 0.15) is 53.4 Å². The summed E-state index contributed by atoms with van der Waals surface area (Å²) >= 11 is 0. The van der Waals surface area contributed by atoms with Crippen LogP contribution in [-0.2, 0) is 0 Å². The van der Waals surface area contributed by atoms with Crippen molar-refractivity contribution in [3.8, 4) is 0 Å². The molecule has 96 valence electrons. The second-order valence-corrected chi connectivity index (χ2v) is 6.04. The van der Waals surface area contributed by atoms with E-state index in [1.165, 1.54) is 51.9 Å². The molecule has 1 aliphatic rings. The highest BCUT2D eigenvalue weighted by Crippen LogP contribution is 2.22. The fraction of sp³-hybridized carbons (Fsp3) is 1.00. The first-order valence-corrected chi connectivity index (χ1v) is 7.03. The predicted octanol–water partition coefficient (Wildman–Crippen LogP) is 2.89. The summed E-state index contributed by atoms with van der Waals surface area (Å²) in [5.74, 6) is 0. The first-order chi connectivity index (χ1) is 7.57. The Morgan fingerprint density at radius 2 is 1.94 bits per heavy atom. The van der Waals surface area contributed by atoms with Crippen molar-refractivity contribution in [1.82, 2.24) is 10.2 Å². The zero-order chi connectivity index (χ0) is 12.0. The maximum atomic E-state index is 3.66. The highest BCUT2D eigenvalue weighted by Gasteiger charge is 2.26. The molecule has 0 saturated heterocycles. The van der Waals surface area contributed by atoms with Crippen molar-refractivity contribution in [3.63, 3.8) is 0 Å². The van der Waals surface area contributed by atoms with Gasteiger partial charge < -0.3 is 10.2 Å². The highest BCUT2D eigenvalue weighted by molar-refractivity contribution is 4.85. The molecule has 1 saturated carbocycles. The quantitative estimate of drug-likeness (QED) is 0.650. The zero-order valence-corrected chi connectivity index (χ0v) is 11.7. The molecule has 0 radical (unpaired) electrons. The number of hydrogen-bond acceptors (Lipinski definition) is 2. The van der Waals surface area contributed by atoms with Gasteiger partial charge >= 0.3 is 0 Å². The summed E-state index contributed by atoms with van der Waals surface area (Å²) in [6.45, 7) is 14.2. The van der Waals surface area contributed by atoms with E-state index in [0.29, 0.717) is 5.41 Å². The second-order valence-electron chi connectivity index (χ2n) is 6.04. The van der Waals surface area contributed by atoms with Crippen LogP contribution in [0.3, 0.4) is 0 Å². The van der Waals surface area contributed by atoms with E-state index in [0.717, 1.165) is 6.04 Å². The maximum absolute atomic E-state index is 3.66. The fourth-order valence-electron chi connectivity index (χ4n) is 2.10. The molecule has 2 heteroatoms. The van der Waals surface area contributed by atoms with Gasteiger partial charge in [0.05, 0.1) is 0 Å². The molecule has 0 amide bonds. The Labute approximate surface area is 102 Å². The van der Waals surface area contributed by atoms with E-state index in [1.54, 1.807) is 0 Å². The topological polar surface area (TPSA) is 15.3 Å². The third kappa shape index (κ3) is 5.86. The first-order valence-electron chi connectivity index (χ1n) is 7.03. The molecule has 0 unspecified atom stereocenters. The number of hydrogen-bond donors (Lipinski definition) is 1. The van der Waals surface area contributed by atoms with E-state index in [-0.39, 0.29) is 0 Å². The molecule has 1 fully saturated rings. The van der Waals surface area contributed by atoms with Crippen molar-refractivity contribution in [1.29, 1.82) is 0 Å². The Morgan fingerprint density at radius 3 is 2.44 bits per heavy atom. The molecule has 0 bridgehead atoms. The van der Waals surface area contributed by atoms with Crippen LogP contribution in [0.2, 0.25) is 0 Å². The number of nitrogens with one attached hydrogen (secondary N) is 1. The Hall–Kier alpha value is -0.0800. The van der Waals surface area contributed by atoms with Crippen molar-refractivity contribution >= 4 is 0 Å². The molecule has 0 spiro atoms. The molecule has 0 atom stereocenters. The van der Waals surface area contributed by atoms with Gasteiger partial charge in [0.25, 0.3) is 0 Å². The van der Waals surface area contributed by atoms with Gasteiger partial charge in [-0.2, -0.15) is 0 Å². The summed E-state index contributed by atoms with van der Waals surface area (Å²) < 4.78 is 0. The SMILES string of the molecule is CCCCN(CC)CC(C)(C)CNC1CC1. The molecule has 0 aromatic heterocycles. The smallest absolute Gasteiger partial charge is 0.00684 e. The molecular weight excluding hydrogens is 196 g/mol. The Kier molecular flexibility index (Phi) is 5.77. The summed E-state index contributed by atoms with van der Waals surface area (Å²) in [4.78, 5) is 2.60. The molecule has 1 aliphatic carbocycles.